The molecule has 3 rings (SSSR count). The van der Waals surface area contributed by atoms with Crippen LogP contribution in [0.3, 0.4) is 0 Å². The van der Waals surface area contributed by atoms with Crippen LogP contribution in [0.2, 0.25) is 0 Å². The first kappa shape index (κ1) is 18.2. The molecule has 1 saturated carbocycles. The van der Waals surface area contributed by atoms with Gasteiger partial charge in [-0.15, -0.1) is 0 Å². The van der Waals surface area contributed by atoms with Crippen molar-refractivity contribution >= 4 is 5.97 Å². The van der Waals surface area contributed by atoms with Gasteiger partial charge in [-0.3, -0.25) is 0 Å². The van der Waals surface area contributed by atoms with Crippen LogP contribution in [0.1, 0.15) is 67.3 Å². The fourth-order valence-corrected chi connectivity index (χ4v) is 4.15. The molecule has 0 amide bonds. The predicted octanol–water partition coefficient (Wildman–Crippen LogP) is 6.02. The first-order chi connectivity index (χ1) is 12.6. The van der Waals surface area contributed by atoms with E-state index in [0.29, 0.717) is 11.5 Å². The van der Waals surface area contributed by atoms with Crippen molar-refractivity contribution in [3.8, 4) is 17.2 Å². The Kier molecular flexibility index (Phi) is 5.42. The third-order valence-corrected chi connectivity index (χ3v) is 5.76. The zero-order valence-electron chi connectivity index (χ0n) is 15.2. The molecule has 0 radical (unpaired) electrons. The summed E-state index contributed by atoms with van der Waals surface area (Å²) in [6, 6.07) is 18.2. The molecule has 134 valence electrons. The van der Waals surface area contributed by atoms with Gasteiger partial charge in [0.05, 0.1) is 17.0 Å². The highest BCUT2D eigenvalue weighted by Crippen LogP contribution is 2.45. The van der Waals surface area contributed by atoms with E-state index in [1.165, 1.54) is 5.56 Å². The second kappa shape index (κ2) is 7.74. The molecule has 2 aromatic rings. The Morgan fingerprint density at radius 3 is 2.08 bits per heavy atom. The SMILES string of the molecule is CCCC1(C#N)CCC(c2ccc(-c3ccc(C(=O)O)cc3)cc2)CC1. The van der Waals surface area contributed by atoms with Crippen LogP contribution < -0.4 is 0 Å². The molecule has 1 fully saturated rings. The molecular weight excluding hydrogens is 322 g/mol. The molecule has 2 aromatic carbocycles. The molecule has 0 unspecified atom stereocenters. The number of nitriles is 1. The molecule has 1 N–H and O–H groups in total. The van der Waals surface area contributed by atoms with Crippen LogP contribution in [0.4, 0.5) is 0 Å². The zero-order chi connectivity index (χ0) is 18.6. The van der Waals surface area contributed by atoms with E-state index in [0.717, 1.165) is 49.7 Å². The molecule has 0 bridgehead atoms. The Balaban J connectivity index is 1.69. The second-order valence-corrected chi connectivity index (χ2v) is 7.42. The number of hydrogen-bond donors (Lipinski definition) is 1. The van der Waals surface area contributed by atoms with Gasteiger partial charge in [-0.1, -0.05) is 49.7 Å². The highest BCUT2D eigenvalue weighted by molar-refractivity contribution is 5.88. The number of carboxylic acids is 1. The molecule has 3 heteroatoms. The molecule has 3 nitrogen and oxygen atoms in total. The monoisotopic (exact) mass is 347 g/mol. The summed E-state index contributed by atoms with van der Waals surface area (Å²) in [6.45, 7) is 2.16. The van der Waals surface area contributed by atoms with Crippen molar-refractivity contribution in [3.05, 3.63) is 59.7 Å². The molecule has 1 aliphatic rings. The lowest BCUT2D eigenvalue weighted by Gasteiger charge is -2.35. The molecule has 1 aliphatic carbocycles. The molecule has 0 saturated heterocycles. The number of aromatic carboxylic acids is 1. The van der Waals surface area contributed by atoms with Crippen molar-refractivity contribution in [1.82, 2.24) is 0 Å². The minimum absolute atomic E-state index is 0.100. The summed E-state index contributed by atoms with van der Waals surface area (Å²) in [5.74, 6) is -0.363. The van der Waals surface area contributed by atoms with Crippen molar-refractivity contribution in [2.75, 3.05) is 0 Å². The largest absolute Gasteiger partial charge is 0.478 e. The molecule has 26 heavy (non-hydrogen) atoms. The average Bonchev–Trinajstić information content (AvgIpc) is 2.69. The van der Waals surface area contributed by atoms with Crippen LogP contribution in [-0.4, -0.2) is 11.1 Å². The number of rotatable bonds is 5. The van der Waals surface area contributed by atoms with Crippen LogP contribution in [0.15, 0.2) is 48.5 Å². The Morgan fingerprint density at radius 1 is 1.08 bits per heavy atom. The first-order valence-corrected chi connectivity index (χ1v) is 9.42. The Hall–Kier alpha value is -2.60. The fraction of sp³-hybridized carbons (Fsp3) is 0.391. The lowest BCUT2D eigenvalue weighted by molar-refractivity contribution is 0.0697. The van der Waals surface area contributed by atoms with Gasteiger partial charge in [0.2, 0.25) is 0 Å². The van der Waals surface area contributed by atoms with Gasteiger partial charge in [-0.05, 0) is 66.8 Å². The maximum Gasteiger partial charge on any atom is 0.335 e. The molecular formula is C23H25NO2. The van der Waals surface area contributed by atoms with E-state index >= 15 is 0 Å². The average molecular weight is 347 g/mol. The second-order valence-electron chi connectivity index (χ2n) is 7.42. The lowest BCUT2D eigenvalue weighted by Crippen LogP contribution is -2.25. The van der Waals surface area contributed by atoms with Gasteiger partial charge in [-0.25, -0.2) is 4.79 Å². The third-order valence-electron chi connectivity index (χ3n) is 5.76. The number of benzene rings is 2. The third kappa shape index (κ3) is 3.80. The van der Waals surface area contributed by atoms with Gasteiger partial charge in [-0.2, -0.15) is 5.26 Å². The van der Waals surface area contributed by atoms with Crippen LogP contribution >= 0.6 is 0 Å². The minimum Gasteiger partial charge on any atom is -0.478 e. The summed E-state index contributed by atoms with van der Waals surface area (Å²) < 4.78 is 0. The van der Waals surface area contributed by atoms with Crippen LogP contribution in [0.5, 0.6) is 0 Å². The highest BCUT2D eigenvalue weighted by atomic mass is 16.4. The number of carbonyl (C=O) groups is 1. The topological polar surface area (TPSA) is 61.1 Å². The zero-order valence-corrected chi connectivity index (χ0v) is 15.2. The summed E-state index contributed by atoms with van der Waals surface area (Å²) in [7, 11) is 0. The molecule has 0 aromatic heterocycles. The molecule has 0 spiro atoms. The quantitative estimate of drug-likeness (QED) is 0.719. The summed E-state index contributed by atoms with van der Waals surface area (Å²) in [6.07, 6.45) is 6.26. The van der Waals surface area contributed by atoms with E-state index in [9.17, 15) is 10.1 Å². The summed E-state index contributed by atoms with van der Waals surface area (Å²) in [5.41, 5.74) is 3.67. The van der Waals surface area contributed by atoms with E-state index in [1.54, 1.807) is 12.1 Å². The Labute approximate surface area is 155 Å². The smallest absolute Gasteiger partial charge is 0.335 e. The maximum absolute atomic E-state index is 11.0. The van der Waals surface area contributed by atoms with E-state index in [-0.39, 0.29) is 5.41 Å². The number of hydrogen-bond acceptors (Lipinski definition) is 2. The summed E-state index contributed by atoms with van der Waals surface area (Å²) in [4.78, 5) is 11.0. The van der Waals surface area contributed by atoms with Crippen LogP contribution in [0, 0.1) is 16.7 Å². The standard InChI is InChI=1S/C23H25NO2/c1-2-13-23(16-24)14-11-20(12-15-23)19-5-3-17(4-6-19)18-7-9-21(10-8-18)22(25)26/h3-10,20H,2,11-15H2,1H3,(H,25,26). The van der Waals surface area contributed by atoms with Crippen molar-refractivity contribution in [2.24, 2.45) is 5.41 Å². The molecule has 0 heterocycles. The number of carboxylic acid groups (broad SMARTS) is 1. The first-order valence-electron chi connectivity index (χ1n) is 9.42. The lowest BCUT2D eigenvalue weighted by atomic mass is 9.68. The van der Waals surface area contributed by atoms with Gasteiger partial charge < -0.3 is 5.11 Å². The van der Waals surface area contributed by atoms with E-state index in [2.05, 4.69) is 37.3 Å². The van der Waals surface area contributed by atoms with E-state index in [4.69, 9.17) is 5.11 Å². The Morgan fingerprint density at radius 2 is 1.62 bits per heavy atom. The molecule has 0 atom stereocenters. The fourth-order valence-electron chi connectivity index (χ4n) is 4.15. The van der Waals surface area contributed by atoms with Crippen molar-refractivity contribution in [3.63, 3.8) is 0 Å². The maximum atomic E-state index is 11.0. The van der Waals surface area contributed by atoms with Gasteiger partial charge in [0.1, 0.15) is 0 Å². The minimum atomic E-state index is -0.902. The van der Waals surface area contributed by atoms with Crippen LogP contribution in [0.25, 0.3) is 11.1 Å². The Bertz CT molecular complexity index is 792. The van der Waals surface area contributed by atoms with Crippen molar-refractivity contribution in [1.29, 1.82) is 5.26 Å². The van der Waals surface area contributed by atoms with Gasteiger partial charge in [0.25, 0.3) is 0 Å². The normalized spacial score (nSPS) is 22.5. The predicted molar refractivity (Wildman–Crippen MR) is 103 cm³/mol. The van der Waals surface area contributed by atoms with Gasteiger partial charge in [0, 0.05) is 0 Å². The molecule has 0 aliphatic heterocycles. The van der Waals surface area contributed by atoms with Crippen molar-refractivity contribution in [2.45, 2.75) is 51.4 Å². The highest BCUT2D eigenvalue weighted by Gasteiger charge is 2.34. The van der Waals surface area contributed by atoms with E-state index in [1.807, 2.05) is 12.1 Å². The van der Waals surface area contributed by atoms with Crippen LogP contribution in [-0.2, 0) is 0 Å². The van der Waals surface area contributed by atoms with Gasteiger partial charge >= 0.3 is 5.97 Å². The van der Waals surface area contributed by atoms with Gasteiger partial charge in [0.15, 0.2) is 0 Å². The number of nitrogens with zero attached hydrogens (tertiary/aromatic N) is 1. The van der Waals surface area contributed by atoms with E-state index < -0.39 is 5.97 Å². The summed E-state index contributed by atoms with van der Waals surface area (Å²) in [5, 5.41) is 18.6. The summed E-state index contributed by atoms with van der Waals surface area (Å²) >= 11 is 0. The van der Waals surface area contributed by atoms with Crippen molar-refractivity contribution < 1.29 is 9.90 Å².